The molecule has 8 heteroatoms. The number of H-pyrrole nitrogens is 1. The fourth-order valence-corrected chi connectivity index (χ4v) is 3.01. The Morgan fingerprint density at radius 2 is 1.75 bits per heavy atom. The third kappa shape index (κ3) is 3.61. The molecule has 0 unspecified atom stereocenters. The van der Waals surface area contributed by atoms with Gasteiger partial charge in [-0.15, -0.1) is 0 Å². The molecule has 0 atom stereocenters. The summed E-state index contributed by atoms with van der Waals surface area (Å²) in [5.74, 6) is -0.273. The molecule has 0 bridgehead atoms. The molecule has 0 saturated heterocycles. The molecule has 3 aromatic rings. The van der Waals surface area contributed by atoms with Gasteiger partial charge < -0.3 is 5.32 Å². The third-order valence-corrected chi connectivity index (χ3v) is 4.54. The number of carbonyl (C=O) groups is 1. The normalized spacial score (nSPS) is 11.0. The van der Waals surface area contributed by atoms with Crippen molar-refractivity contribution in [1.82, 2.24) is 10.2 Å². The molecular weight excluding hydrogens is 328 g/mol. The summed E-state index contributed by atoms with van der Waals surface area (Å²) in [5, 5.41) is 8.80. The number of aromatic amines is 1. The average molecular weight is 342 g/mol. The van der Waals surface area contributed by atoms with E-state index in [4.69, 9.17) is 0 Å². The number of amides is 1. The number of hydrogen-bond acceptors (Lipinski definition) is 4. The molecular formula is C16H14N4O3S. The summed E-state index contributed by atoms with van der Waals surface area (Å²) in [5.41, 5.74) is 1.33. The second-order valence-corrected chi connectivity index (χ2v) is 6.62. The molecule has 1 aromatic heterocycles. The van der Waals surface area contributed by atoms with Gasteiger partial charge in [0.1, 0.15) is 4.90 Å². The van der Waals surface area contributed by atoms with Gasteiger partial charge >= 0.3 is 0 Å². The lowest BCUT2D eigenvalue weighted by atomic mass is 10.2. The van der Waals surface area contributed by atoms with Gasteiger partial charge in [0, 0.05) is 17.4 Å². The summed E-state index contributed by atoms with van der Waals surface area (Å²) < 4.78 is 26.8. The molecule has 1 amide bonds. The first-order valence-electron chi connectivity index (χ1n) is 7.03. The van der Waals surface area contributed by atoms with Crippen LogP contribution in [-0.4, -0.2) is 24.5 Å². The Hall–Kier alpha value is -3.13. The number of rotatable bonds is 5. The van der Waals surface area contributed by atoms with Crippen molar-refractivity contribution in [3.05, 3.63) is 72.6 Å². The fraction of sp³-hybridized carbons (Fsp3) is 0. The highest BCUT2D eigenvalue weighted by atomic mass is 32.2. The quantitative estimate of drug-likeness (QED) is 0.662. The number of hydrogen-bond donors (Lipinski definition) is 3. The summed E-state index contributed by atoms with van der Waals surface area (Å²) in [6.07, 6.45) is 2.49. The van der Waals surface area contributed by atoms with Gasteiger partial charge in [-0.25, -0.2) is 8.42 Å². The summed E-state index contributed by atoms with van der Waals surface area (Å²) in [6, 6.07) is 15.2. The Morgan fingerprint density at radius 3 is 2.46 bits per heavy atom. The summed E-state index contributed by atoms with van der Waals surface area (Å²) in [4.78, 5) is 12.2. The Labute approximate surface area is 138 Å². The SMILES string of the molecule is O=C(Nc1cccc(NS(=O)(=O)c2cn[nH]c2)c1)c1ccccc1. The minimum absolute atomic E-state index is 0.0289. The van der Waals surface area contributed by atoms with E-state index in [0.717, 1.165) is 0 Å². The molecule has 3 rings (SSSR count). The van der Waals surface area contributed by atoms with E-state index in [1.807, 2.05) is 6.07 Å². The lowest BCUT2D eigenvalue weighted by molar-refractivity contribution is 0.102. The topological polar surface area (TPSA) is 104 Å². The molecule has 122 valence electrons. The number of anilines is 2. The Balaban J connectivity index is 1.76. The average Bonchev–Trinajstić information content (AvgIpc) is 3.11. The Morgan fingerprint density at radius 1 is 1.00 bits per heavy atom. The number of aromatic nitrogens is 2. The van der Waals surface area contributed by atoms with Gasteiger partial charge in [0.05, 0.1) is 11.9 Å². The van der Waals surface area contributed by atoms with E-state index in [1.165, 1.54) is 12.4 Å². The highest BCUT2D eigenvalue weighted by molar-refractivity contribution is 7.92. The maximum atomic E-state index is 12.2. The van der Waals surface area contributed by atoms with Crippen molar-refractivity contribution in [2.75, 3.05) is 10.0 Å². The predicted molar refractivity (Wildman–Crippen MR) is 90.2 cm³/mol. The van der Waals surface area contributed by atoms with Crippen LogP contribution in [0, 0.1) is 0 Å². The number of benzene rings is 2. The van der Waals surface area contributed by atoms with E-state index in [1.54, 1.807) is 48.5 Å². The zero-order valence-corrected chi connectivity index (χ0v) is 13.2. The monoisotopic (exact) mass is 342 g/mol. The second-order valence-electron chi connectivity index (χ2n) is 4.94. The van der Waals surface area contributed by atoms with Gasteiger partial charge in [-0.2, -0.15) is 5.10 Å². The van der Waals surface area contributed by atoms with E-state index >= 15 is 0 Å². The minimum atomic E-state index is -3.72. The van der Waals surface area contributed by atoms with Crippen LogP contribution in [0.15, 0.2) is 71.9 Å². The van der Waals surface area contributed by atoms with Crippen molar-refractivity contribution < 1.29 is 13.2 Å². The van der Waals surface area contributed by atoms with Crippen LogP contribution in [0.1, 0.15) is 10.4 Å². The second kappa shape index (κ2) is 6.55. The third-order valence-electron chi connectivity index (χ3n) is 3.19. The van der Waals surface area contributed by atoms with Crippen LogP contribution < -0.4 is 10.0 Å². The van der Waals surface area contributed by atoms with E-state index in [0.29, 0.717) is 16.9 Å². The van der Waals surface area contributed by atoms with Crippen molar-refractivity contribution >= 4 is 27.3 Å². The lowest BCUT2D eigenvalue weighted by Crippen LogP contribution is -2.14. The minimum Gasteiger partial charge on any atom is -0.322 e. The van der Waals surface area contributed by atoms with Crippen LogP contribution in [0.25, 0.3) is 0 Å². The van der Waals surface area contributed by atoms with Crippen LogP contribution >= 0.6 is 0 Å². The molecule has 0 radical (unpaired) electrons. The lowest BCUT2D eigenvalue weighted by Gasteiger charge is -2.09. The van der Waals surface area contributed by atoms with E-state index in [-0.39, 0.29) is 10.8 Å². The van der Waals surface area contributed by atoms with Crippen molar-refractivity contribution in [1.29, 1.82) is 0 Å². The Bertz CT molecular complexity index is 938. The molecule has 0 aliphatic heterocycles. The number of sulfonamides is 1. The van der Waals surface area contributed by atoms with Crippen molar-refractivity contribution in [2.45, 2.75) is 4.90 Å². The van der Waals surface area contributed by atoms with Gasteiger partial charge in [-0.3, -0.25) is 14.6 Å². The van der Waals surface area contributed by atoms with Gasteiger partial charge in [-0.05, 0) is 30.3 Å². The molecule has 0 saturated carbocycles. The molecule has 0 spiro atoms. The number of nitrogens with zero attached hydrogens (tertiary/aromatic N) is 1. The Kier molecular flexibility index (Phi) is 4.30. The standard InChI is InChI=1S/C16H14N4O3S/c21-16(12-5-2-1-3-6-12)19-13-7-4-8-14(9-13)20-24(22,23)15-10-17-18-11-15/h1-11,20H,(H,17,18)(H,19,21). The van der Waals surface area contributed by atoms with E-state index < -0.39 is 10.0 Å². The summed E-state index contributed by atoms with van der Waals surface area (Å²) in [6.45, 7) is 0. The van der Waals surface area contributed by atoms with Crippen molar-refractivity contribution in [3.63, 3.8) is 0 Å². The van der Waals surface area contributed by atoms with Gasteiger partial charge in [0.15, 0.2) is 0 Å². The molecule has 7 nitrogen and oxygen atoms in total. The van der Waals surface area contributed by atoms with Crippen molar-refractivity contribution in [3.8, 4) is 0 Å². The highest BCUT2D eigenvalue weighted by Gasteiger charge is 2.15. The van der Waals surface area contributed by atoms with Crippen LogP contribution in [0.5, 0.6) is 0 Å². The number of nitrogens with one attached hydrogen (secondary N) is 3. The van der Waals surface area contributed by atoms with Crippen LogP contribution in [0.4, 0.5) is 11.4 Å². The summed E-state index contributed by atoms with van der Waals surface area (Å²) >= 11 is 0. The molecule has 0 fully saturated rings. The maximum Gasteiger partial charge on any atom is 0.265 e. The fourth-order valence-electron chi connectivity index (χ4n) is 2.05. The van der Waals surface area contributed by atoms with Crippen molar-refractivity contribution in [2.24, 2.45) is 0 Å². The first-order chi connectivity index (χ1) is 11.5. The van der Waals surface area contributed by atoms with Crippen LogP contribution in [0.2, 0.25) is 0 Å². The molecule has 1 heterocycles. The van der Waals surface area contributed by atoms with E-state index in [2.05, 4.69) is 20.2 Å². The zero-order valence-electron chi connectivity index (χ0n) is 12.4. The van der Waals surface area contributed by atoms with Gasteiger partial charge in [0.25, 0.3) is 15.9 Å². The maximum absolute atomic E-state index is 12.2. The first kappa shape index (κ1) is 15.8. The van der Waals surface area contributed by atoms with E-state index in [9.17, 15) is 13.2 Å². The molecule has 3 N–H and O–H groups in total. The first-order valence-corrected chi connectivity index (χ1v) is 8.51. The molecule has 2 aromatic carbocycles. The largest absolute Gasteiger partial charge is 0.322 e. The molecule has 24 heavy (non-hydrogen) atoms. The van der Waals surface area contributed by atoms with Crippen LogP contribution in [0.3, 0.4) is 0 Å². The molecule has 0 aliphatic carbocycles. The predicted octanol–water partition coefficient (Wildman–Crippen LogP) is 2.46. The highest BCUT2D eigenvalue weighted by Crippen LogP contribution is 2.19. The van der Waals surface area contributed by atoms with Crippen LogP contribution in [-0.2, 0) is 10.0 Å². The molecule has 0 aliphatic rings. The van der Waals surface area contributed by atoms with Gasteiger partial charge in [0.2, 0.25) is 0 Å². The summed E-state index contributed by atoms with van der Waals surface area (Å²) in [7, 11) is -3.72. The zero-order chi connectivity index (χ0) is 17.0. The number of carbonyl (C=O) groups excluding carboxylic acids is 1. The smallest absolute Gasteiger partial charge is 0.265 e. The van der Waals surface area contributed by atoms with Gasteiger partial charge in [-0.1, -0.05) is 24.3 Å².